The lowest BCUT2D eigenvalue weighted by Crippen LogP contribution is -2.23. The van der Waals surface area contributed by atoms with E-state index in [0.717, 1.165) is 42.5 Å². The number of fused-ring (bicyclic) bond motifs is 1. The fraction of sp³-hybridized carbons (Fsp3) is 0.321. The zero-order valence-corrected chi connectivity index (χ0v) is 21.5. The number of thiazole rings is 1. The molecule has 2 aromatic carbocycles. The highest BCUT2D eigenvalue weighted by molar-refractivity contribution is 7.20. The first-order chi connectivity index (χ1) is 17.4. The third-order valence-electron chi connectivity index (χ3n) is 6.97. The minimum Gasteiger partial charge on any atom is -0.346 e. The van der Waals surface area contributed by atoms with Gasteiger partial charge in [-0.3, -0.25) is 9.20 Å². The van der Waals surface area contributed by atoms with Crippen LogP contribution in [0.2, 0.25) is 5.02 Å². The Morgan fingerprint density at radius 2 is 1.86 bits per heavy atom. The van der Waals surface area contributed by atoms with Gasteiger partial charge < -0.3 is 10.1 Å². The summed E-state index contributed by atoms with van der Waals surface area (Å²) in [6, 6.07) is 13.1. The number of carbonyl (C=O) groups excluding carboxylic acids is 2. The summed E-state index contributed by atoms with van der Waals surface area (Å²) >= 11 is 7.55. The van der Waals surface area contributed by atoms with E-state index in [2.05, 4.69) is 34.6 Å². The molecule has 0 atom stereocenters. The van der Waals surface area contributed by atoms with Crippen molar-refractivity contribution in [3.8, 4) is 10.4 Å². The predicted octanol–water partition coefficient (Wildman–Crippen LogP) is 7.04. The first kappa shape index (κ1) is 24.7. The number of aromatic nitrogens is 2. The standard InChI is InChI=1S/C28H27ClFN3O2S/c1-17(34)13-18-5-7-19(8-6-18)20-9-11-21(12-10-20)26-16-33-15-25(32-28(33)36-26)27(35)31-14-22-23(29)3-2-4-24(22)30/h2-4,9-12,15-16,18-19H,5-8,13-14H2,1H3,(H,31,35)/t18-,19-. The smallest absolute Gasteiger partial charge is 0.271 e. The molecule has 2 aromatic heterocycles. The van der Waals surface area contributed by atoms with Gasteiger partial charge in [0.25, 0.3) is 5.91 Å². The Morgan fingerprint density at radius 3 is 2.53 bits per heavy atom. The lowest BCUT2D eigenvalue weighted by Gasteiger charge is -2.28. The lowest BCUT2D eigenvalue weighted by molar-refractivity contribution is -0.118. The second kappa shape index (κ2) is 10.5. The number of carbonyl (C=O) groups is 2. The van der Waals surface area contributed by atoms with Crippen molar-refractivity contribution in [3.63, 3.8) is 0 Å². The van der Waals surface area contributed by atoms with Crippen LogP contribution in [0.1, 0.15) is 66.6 Å². The molecule has 2 heterocycles. The second-order valence-electron chi connectivity index (χ2n) is 9.54. The number of benzene rings is 2. The Morgan fingerprint density at radius 1 is 1.11 bits per heavy atom. The highest BCUT2D eigenvalue weighted by atomic mass is 35.5. The summed E-state index contributed by atoms with van der Waals surface area (Å²) in [7, 11) is 0. The molecule has 0 bridgehead atoms. The van der Waals surface area contributed by atoms with Crippen LogP contribution in [0.3, 0.4) is 0 Å². The van der Waals surface area contributed by atoms with E-state index in [9.17, 15) is 14.0 Å². The van der Waals surface area contributed by atoms with Gasteiger partial charge in [-0.15, -0.1) is 0 Å². The van der Waals surface area contributed by atoms with Gasteiger partial charge >= 0.3 is 0 Å². The molecule has 186 valence electrons. The Kier molecular flexibility index (Phi) is 7.21. The zero-order valence-electron chi connectivity index (χ0n) is 20.0. The molecular weight excluding hydrogens is 497 g/mol. The van der Waals surface area contributed by atoms with Gasteiger partial charge in [-0.1, -0.05) is 53.3 Å². The van der Waals surface area contributed by atoms with E-state index in [4.69, 9.17) is 11.6 Å². The van der Waals surface area contributed by atoms with Crippen molar-refractivity contribution in [1.29, 1.82) is 0 Å². The average molecular weight is 524 g/mol. The van der Waals surface area contributed by atoms with E-state index in [0.29, 0.717) is 22.6 Å². The Balaban J connectivity index is 1.22. The monoisotopic (exact) mass is 523 g/mol. The minimum absolute atomic E-state index is 0.00844. The van der Waals surface area contributed by atoms with Gasteiger partial charge in [0.1, 0.15) is 17.3 Å². The van der Waals surface area contributed by atoms with Crippen LogP contribution in [0.5, 0.6) is 0 Å². The summed E-state index contributed by atoms with van der Waals surface area (Å²) in [6.07, 6.45) is 8.89. The molecule has 36 heavy (non-hydrogen) atoms. The molecule has 4 aromatic rings. The van der Waals surface area contributed by atoms with Crippen LogP contribution >= 0.6 is 22.9 Å². The maximum atomic E-state index is 13.9. The average Bonchev–Trinajstić information content (AvgIpc) is 3.44. The third-order valence-corrected chi connectivity index (χ3v) is 8.37. The first-order valence-electron chi connectivity index (χ1n) is 12.2. The summed E-state index contributed by atoms with van der Waals surface area (Å²) in [5.74, 6) is 0.567. The van der Waals surface area contributed by atoms with Gasteiger partial charge in [0.05, 0.1) is 4.88 Å². The summed E-state index contributed by atoms with van der Waals surface area (Å²) in [6.45, 7) is 1.68. The molecule has 0 saturated heterocycles. The SMILES string of the molecule is CC(=O)C[C@H]1CC[C@H](c2ccc(-c3cn4cc(C(=O)NCc5c(F)cccc5Cl)nc4s3)cc2)CC1. The van der Waals surface area contributed by atoms with Crippen molar-refractivity contribution in [2.24, 2.45) is 5.92 Å². The van der Waals surface area contributed by atoms with Crippen molar-refractivity contribution in [3.05, 3.63) is 82.5 Å². The molecule has 0 unspecified atom stereocenters. The highest BCUT2D eigenvalue weighted by Gasteiger charge is 2.23. The zero-order chi connectivity index (χ0) is 25.2. The van der Waals surface area contributed by atoms with Gasteiger partial charge in [0.15, 0.2) is 4.96 Å². The molecule has 1 aliphatic carbocycles. The van der Waals surface area contributed by atoms with Crippen LogP contribution < -0.4 is 5.32 Å². The Hall–Kier alpha value is -3.03. The van der Waals surface area contributed by atoms with Crippen LogP contribution in [-0.2, 0) is 11.3 Å². The van der Waals surface area contributed by atoms with Crippen molar-refractivity contribution in [1.82, 2.24) is 14.7 Å². The Bertz CT molecular complexity index is 1350. The predicted molar refractivity (Wildman–Crippen MR) is 141 cm³/mol. The summed E-state index contributed by atoms with van der Waals surface area (Å²) in [5, 5.41) is 2.97. The molecule has 1 N–H and O–H groups in total. The Labute approximate surface area is 218 Å². The van der Waals surface area contributed by atoms with Crippen molar-refractivity contribution >= 4 is 39.6 Å². The molecule has 1 fully saturated rings. The fourth-order valence-electron chi connectivity index (χ4n) is 5.02. The molecule has 1 aliphatic rings. The van der Waals surface area contributed by atoms with Crippen LogP contribution in [0, 0.1) is 11.7 Å². The van der Waals surface area contributed by atoms with Crippen molar-refractivity contribution < 1.29 is 14.0 Å². The van der Waals surface area contributed by atoms with Gasteiger partial charge in [-0.25, -0.2) is 9.37 Å². The molecular formula is C28H27ClFN3O2S. The number of nitrogens with one attached hydrogen (secondary N) is 1. The molecule has 5 nitrogen and oxygen atoms in total. The van der Waals surface area contributed by atoms with Crippen LogP contribution in [0.25, 0.3) is 15.4 Å². The number of hydrogen-bond acceptors (Lipinski definition) is 4. The molecule has 1 amide bonds. The number of halogens is 2. The van der Waals surface area contributed by atoms with Gasteiger partial charge in [0, 0.05) is 35.9 Å². The second-order valence-corrected chi connectivity index (χ2v) is 11.0. The summed E-state index contributed by atoms with van der Waals surface area (Å²) in [4.78, 5) is 30.2. The van der Waals surface area contributed by atoms with Crippen molar-refractivity contribution in [2.45, 2.75) is 51.5 Å². The van der Waals surface area contributed by atoms with Crippen LogP contribution in [-0.4, -0.2) is 21.1 Å². The van der Waals surface area contributed by atoms with E-state index in [1.807, 2.05) is 10.6 Å². The topological polar surface area (TPSA) is 63.5 Å². The number of nitrogens with zero attached hydrogens (tertiary/aromatic N) is 2. The molecule has 0 radical (unpaired) electrons. The maximum Gasteiger partial charge on any atom is 0.271 e. The maximum absolute atomic E-state index is 13.9. The number of amides is 1. The number of rotatable bonds is 7. The molecule has 0 spiro atoms. The molecule has 5 rings (SSSR count). The quantitative estimate of drug-likeness (QED) is 0.282. The third kappa shape index (κ3) is 5.37. The number of imidazole rings is 1. The first-order valence-corrected chi connectivity index (χ1v) is 13.4. The normalized spacial score (nSPS) is 17.9. The number of hydrogen-bond donors (Lipinski definition) is 1. The summed E-state index contributed by atoms with van der Waals surface area (Å²) < 4.78 is 15.8. The van der Waals surface area contributed by atoms with Crippen LogP contribution in [0.4, 0.5) is 4.39 Å². The molecule has 8 heteroatoms. The van der Waals surface area contributed by atoms with Gasteiger partial charge in [0.2, 0.25) is 0 Å². The van der Waals surface area contributed by atoms with E-state index in [1.165, 1.54) is 29.0 Å². The van der Waals surface area contributed by atoms with Crippen molar-refractivity contribution in [2.75, 3.05) is 0 Å². The molecule has 0 aliphatic heterocycles. The van der Waals surface area contributed by atoms with E-state index < -0.39 is 5.82 Å². The number of ketones is 1. The van der Waals surface area contributed by atoms with E-state index >= 15 is 0 Å². The fourth-order valence-corrected chi connectivity index (χ4v) is 6.23. The van der Waals surface area contributed by atoms with Crippen LogP contribution in [0.15, 0.2) is 54.9 Å². The minimum atomic E-state index is -0.454. The largest absolute Gasteiger partial charge is 0.346 e. The van der Waals surface area contributed by atoms with E-state index in [1.54, 1.807) is 19.2 Å². The van der Waals surface area contributed by atoms with Gasteiger partial charge in [-0.2, -0.15) is 0 Å². The molecule has 1 saturated carbocycles. The lowest BCUT2D eigenvalue weighted by atomic mass is 9.77. The number of Topliss-reactive ketones (excluding diaryl/α,β-unsaturated/α-hetero) is 1. The van der Waals surface area contributed by atoms with E-state index in [-0.39, 0.29) is 28.7 Å². The summed E-state index contributed by atoms with van der Waals surface area (Å²) in [5.41, 5.74) is 2.99. The highest BCUT2D eigenvalue weighted by Crippen LogP contribution is 2.38. The van der Waals surface area contributed by atoms with Gasteiger partial charge in [-0.05, 0) is 67.7 Å².